The van der Waals surface area contributed by atoms with Crippen LogP contribution in [0.2, 0.25) is 0 Å². The molecular weight excluding hydrogens is 288 g/mol. The van der Waals surface area contributed by atoms with Gasteiger partial charge >= 0.3 is 14.9 Å². The standard InChI is InChI=1S/C14H10F3O2P/c15-14(16,17)9-11-7-4-8-12(19-20-18)13(11)10-5-2-1-3-6-10/h1-8H,9H2. The van der Waals surface area contributed by atoms with Gasteiger partial charge in [-0.05, 0) is 17.2 Å². The van der Waals surface area contributed by atoms with Crippen molar-refractivity contribution < 1.29 is 22.3 Å². The van der Waals surface area contributed by atoms with Gasteiger partial charge in [0.2, 0.25) is 0 Å². The van der Waals surface area contributed by atoms with E-state index in [1.807, 2.05) is 0 Å². The Morgan fingerprint density at radius 1 is 1.00 bits per heavy atom. The molecule has 0 aliphatic rings. The van der Waals surface area contributed by atoms with E-state index in [9.17, 15) is 17.7 Å². The van der Waals surface area contributed by atoms with Crippen LogP contribution in [-0.4, -0.2) is 6.18 Å². The van der Waals surface area contributed by atoms with Crippen molar-refractivity contribution in [2.24, 2.45) is 0 Å². The molecule has 0 aliphatic heterocycles. The average molecular weight is 298 g/mol. The predicted molar refractivity (Wildman–Crippen MR) is 69.9 cm³/mol. The minimum Gasteiger partial charge on any atom is -0.407 e. The quantitative estimate of drug-likeness (QED) is 0.739. The maximum Gasteiger partial charge on any atom is 0.395 e. The Kier molecular flexibility index (Phi) is 4.40. The van der Waals surface area contributed by atoms with Gasteiger partial charge in [0, 0.05) is 5.56 Å². The van der Waals surface area contributed by atoms with Crippen LogP contribution < -0.4 is 4.52 Å². The fourth-order valence-electron chi connectivity index (χ4n) is 1.99. The first-order valence-corrected chi connectivity index (χ1v) is 6.48. The summed E-state index contributed by atoms with van der Waals surface area (Å²) in [5.74, 6) is 0.162. The lowest BCUT2D eigenvalue weighted by Gasteiger charge is -2.14. The maximum absolute atomic E-state index is 12.7. The Balaban J connectivity index is 2.57. The van der Waals surface area contributed by atoms with Gasteiger partial charge < -0.3 is 4.52 Å². The van der Waals surface area contributed by atoms with Gasteiger partial charge in [-0.1, -0.05) is 42.5 Å². The van der Waals surface area contributed by atoms with Crippen LogP contribution in [0.25, 0.3) is 11.1 Å². The van der Waals surface area contributed by atoms with Crippen molar-refractivity contribution in [2.75, 3.05) is 0 Å². The number of hydrogen-bond acceptors (Lipinski definition) is 2. The molecule has 0 N–H and O–H groups in total. The zero-order valence-electron chi connectivity index (χ0n) is 10.2. The highest BCUT2D eigenvalue weighted by molar-refractivity contribution is 7.17. The van der Waals surface area contributed by atoms with Gasteiger partial charge in [0.05, 0.1) is 6.42 Å². The van der Waals surface area contributed by atoms with Gasteiger partial charge in [-0.3, -0.25) is 0 Å². The van der Waals surface area contributed by atoms with E-state index in [0.717, 1.165) is 0 Å². The summed E-state index contributed by atoms with van der Waals surface area (Å²) < 4.78 is 53.5. The molecule has 0 spiro atoms. The molecule has 2 aromatic rings. The molecule has 2 nitrogen and oxygen atoms in total. The molecule has 2 aromatic carbocycles. The van der Waals surface area contributed by atoms with Crippen molar-refractivity contribution in [1.29, 1.82) is 0 Å². The molecule has 0 amide bonds. The Hall–Kier alpha value is -1.87. The van der Waals surface area contributed by atoms with Gasteiger partial charge in [0.1, 0.15) is 5.75 Å². The SMILES string of the molecule is O=POc1cccc(CC(F)(F)F)c1-c1ccccc1. The number of halogens is 3. The first-order valence-electron chi connectivity index (χ1n) is 5.75. The lowest BCUT2D eigenvalue weighted by atomic mass is 9.96. The van der Waals surface area contributed by atoms with Crippen molar-refractivity contribution in [3.05, 3.63) is 54.1 Å². The molecule has 0 saturated carbocycles. The third-order valence-electron chi connectivity index (χ3n) is 2.70. The van der Waals surface area contributed by atoms with Gasteiger partial charge in [-0.2, -0.15) is 13.2 Å². The highest BCUT2D eigenvalue weighted by atomic mass is 31.1. The monoisotopic (exact) mass is 298 g/mol. The summed E-state index contributed by atoms with van der Waals surface area (Å²) in [6.07, 6.45) is -5.39. The Bertz CT molecular complexity index is 597. The predicted octanol–water partition coefficient (Wildman–Crippen LogP) is 5.04. The molecule has 6 heteroatoms. The summed E-state index contributed by atoms with van der Waals surface area (Å²) >= 11 is 0. The van der Waals surface area contributed by atoms with Crippen LogP contribution in [0.3, 0.4) is 0 Å². The molecule has 0 fully saturated rings. The fourth-order valence-corrected chi connectivity index (χ4v) is 2.22. The van der Waals surface area contributed by atoms with Crippen molar-refractivity contribution in [3.8, 4) is 16.9 Å². The molecule has 2 rings (SSSR count). The Morgan fingerprint density at radius 2 is 1.70 bits per heavy atom. The van der Waals surface area contributed by atoms with E-state index in [2.05, 4.69) is 0 Å². The first kappa shape index (κ1) is 14.5. The minimum absolute atomic E-state index is 0.0878. The first-order chi connectivity index (χ1) is 9.51. The van der Waals surface area contributed by atoms with E-state index in [0.29, 0.717) is 11.1 Å². The summed E-state index contributed by atoms with van der Waals surface area (Å²) in [5, 5.41) is 0. The van der Waals surface area contributed by atoms with E-state index in [1.165, 1.54) is 18.2 Å². The summed E-state index contributed by atoms with van der Waals surface area (Å²) in [7, 11) is -0.606. The molecule has 0 saturated heterocycles. The Labute approximate surface area is 115 Å². The van der Waals surface area contributed by atoms with Crippen LogP contribution >= 0.6 is 8.69 Å². The smallest absolute Gasteiger partial charge is 0.395 e. The highest BCUT2D eigenvalue weighted by Gasteiger charge is 2.30. The number of benzene rings is 2. The summed E-state index contributed by atoms with van der Waals surface area (Å²) in [4.78, 5) is 0. The van der Waals surface area contributed by atoms with E-state index < -0.39 is 21.3 Å². The normalized spacial score (nSPS) is 11.6. The van der Waals surface area contributed by atoms with Gasteiger partial charge in [-0.25, -0.2) is 4.57 Å². The van der Waals surface area contributed by atoms with Crippen LogP contribution in [0, 0.1) is 0 Å². The van der Waals surface area contributed by atoms with Gasteiger partial charge in [0.15, 0.2) is 0 Å². The summed E-state index contributed by atoms with van der Waals surface area (Å²) in [6, 6.07) is 12.9. The molecule has 0 unspecified atom stereocenters. The van der Waals surface area contributed by atoms with Crippen LogP contribution in [0.4, 0.5) is 13.2 Å². The summed E-state index contributed by atoms with van der Waals surface area (Å²) in [5.41, 5.74) is 0.990. The molecule has 0 bridgehead atoms. The van der Waals surface area contributed by atoms with Gasteiger partial charge in [0.25, 0.3) is 0 Å². The van der Waals surface area contributed by atoms with Crippen molar-refractivity contribution in [2.45, 2.75) is 12.6 Å². The van der Waals surface area contributed by atoms with E-state index >= 15 is 0 Å². The number of hydrogen-bond donors (Lipinski definition) is 0. The Morgan fingerprint density at radius 3 is 2.30 bits per heavy atom. The zero-order chi connectivity index (χ0) is 14.6. The van der Waals surface area contributed by atoms with E-state index in [-0.39, 0.29) is 11.3 Å². The molecule has 0 heterocycles. The van der Waals surface area contributed by atoms with Crippen LogP contribution in [0.5, 0.6) is 5.75 Å². The van der Waals surface area contributed by atoms with E-state index in [4.69, 9.17) is 4.52 Å². The highest BCUT2D eigenvalue weighted by Crippen LogP contribution is 2.37. The molecule has 20 heavy (non-hydrogen) atoms. The molecule has 0 radical (unpaired) electrons. The fraction of sp³-hybridized carbons (Fsp3) is 0.143. The van der Waals surface area contributed by atoms with Crippen molar-refractivity contribution >= 4 is 8.69 Å². The number of rotatable bonds is 4. The lowest BCUT2D eigenvalue weighted by Crippen LogP contribution is -2.12. The van der Waals surface area contributed by atoms with Crippen molar-refractivity contribution in [3.63, 3.8) is 0 Å². The van der Waals surface area contributed by atoms with Crippen LogP contribution in [-0.2, 0) is 11.0 Å². The molecule has 0 aromatic heterocycles. The average Bonchev–Trinajstić information content (AvgIpc) is 2.38. The molecule has 104 valence electrons. The zero-order valence-corrected chi connectivity index (χ0v) is 11.1. The van der Waals surface area contributed by atoms with Crippen LogP contribution in [0.15, 0.2) is 48.5 Å². The minimum atomic E-state index is -4.32. The lowest BCUT2D eigenvalue weighted by molar-refractivity contribution is -0.127. The largest absolute Gasteiger partial charge is 0.407 e. The third kappa shape index (κ3) is 3.58. The molecule has 0 atom stereocenters. The number of alkyl halides is 3. The second-order valence-corrected chi connectivity index (χ2v) is 4.45. The molecular formula is C14H10F3O2P. The van der Waals surface area contributed by atoms with Crippen LogP contribution in [0.1, 0.15) is 5.56 Å². The van der Waals surface area contributed by atoms with Crippen molar-refractivity contribution in [1.82, 2.24) is 0 Å². The third-order valence-corrected chi connectivity index (χ3v) is 2.97. The second kappa shape index (κ2) is 6.06. The summed E-state index contributed by atoms with van der Waals surface area (Å²) in [6.45, 7) is 0. The molecule has 0 aliphatic carbocycles. The maximum atomic E-state index is 12.7. The van der Waals surface area contributed by atoms with E-state index in [1.54, 1.807) is 30.3 Å². The topological polar surface area (TPSA) is 26.3 Å². The van der Waals surface area contributed by atoms with Gasteiger partial charge in [-0.15, -0.1) is 0 Å². The second-order valence-electron chi connectivity index (χ2n) is 4.11.